The minimum Gasteiger partial charge on any atom is -0.106 e. The summed E-state index contributed by atoms with van der Waals surface area (Å²) in [5.74, 6) is 0. The molecule has 0 saturated carbocycles. The Hall–Kier alpha value is -1.04. The number of hydrogen-bond donors (Lipinski definition) is 0. The molecule has 0 heteroatoms. The molecule has 0 aromatic rings. The van der Waals surface area contributed by atoms with Crippen LogP contribution in [0.25, 0.3) is 0 Å². The third kappa shape index (κ3) is 113. The van der Waals surface area contributed by atoms with E-state index in [1.165, 1.54) is 0 Å². The van der Waals surface area contributed by atoms with Gasteiger partial charge in [-0.2, -0.15) is 0 Å². The summed E-state index contributed by atoms with van der Waals surface area (Å²) in [6, 6.07) is 0. The van der Waals surface area contributed by atoms with Crippen molar-refractivity contribution < 1.29 is 0 Å². The molecular weight excluding hydrogens is 132 g/mol. The quantitative estimate of drug-likeness (QED) is 0.421. The highest BCUT2D eigenvalue weighted by Gasteiger charge is 1.66. The van der Waals surface area contributed by atoms with Gasteiger partial charge in [0.05, 0.1) is 0 Å². The second-order valence-corrected chi connectivity index (χ2v) is 1.56. The van der Waals surface area contributed by atoms with Crippen LogP contribution in [0.15, 0.2) is 51.1 Å². The van der Waals surface area contributed by atoms with Crippen LogP contribution in [0, 0.1) is 0 Å². The van der Waals surface area contributed by atoms with Crippen LogP contribution in [0.2, 0.25) is 0 Å². The van der Waals surface area contributed by atoms with Crippen LogP contribution in [0.5, 0.6) is 0 Å². The predicted molar refractivity (Wildman–Crippen MR) is 56.8 cm³/mol. The lowest BCUT2D eigenvalue weighted by molar-refractivity contribution is 1.06. The largest absolute Gasteiger partial charge is 0.106 e. The SMILES string of the molecule is C=C.C=CC.C=CCCC=C. The third-order valence-corrected chi connectivity index (χ3v) is 0.575. The minimum atomic E-state index is 1.06. The first-order valence-corrected chi connectivity index (χ1v) is 3.62. The minimum absolute atomic E-state index is 1.06. The van der Waals surface area contributed by atoms with Gasteiger partial charge in [0.15, 0.2) is 0 Å². The molecular formula is C11H20. The maximum Gasteiger partial charge on any atom is -0.0319 e. The molecule has 0 atom stereocenters. The fourth-order valence-electron chi connectivity index (χ4n) is 0.236. The molecule has 0 saturated heterocycles. The van der Waals surface area contributed by atoms with Crippen LogP contribution in [0.3, 0.4) is 0 Å². The van der Waals surface area contributed by atoms with Crippen molar-refractivity contribution in [1.29, 1.82) is 0 Å². The molecule has 0 rings (SSSR count). The van der Waals surface area contributed by atoms with E-state index < -0.39 is 0 Å². The number of rotatable bonds is 3. The Morgan fingerprint density at radius 2 is 1.09 bits per heavy atom. The van der Waals surface area contributed by atoms with Gasteiger partial charge in [0.25, 0.3) is 0 Å². The molecule has 0 unspecified atom stereocenters. The highest BCUT2D eigenvalue weighted by atomic mass is 13.7. The van der Waals surface area contributed by atoms with Gasteiger partial charge in [-0.05, 0) is 19.8 Å². The Morgan fingerprint density at radius 3 is 1.18 bits per heavy atom. The summed E-state index contributed by atoms with van der Waals surface area (Å²) in [4.78, 5) is 0. The average Bonchev–Trinajstić information content (AvgIpc) is 2.06. The first-order valence-electron chi connectivity index (χ1n) is 3.62. The van der Waals surface area contributed by atoms with E-state index in [1.54, 1.807) is 6.08 Å². The molecule has 0 nitrogen and oxygen atoms in total. The van der Waals surface area contributed by atoms with Gasteiger partial charge in [-0.15, -0.1) is 32.9 Å². The highest BCUT2D eigenvalue weighted by Crippen LogP contribution is 1.86. The molecule has 0 aromatic carbocycles. The number of unbranched alkanes of at least 4 members (excludes halogenated alkanes) is 1. The van der Waals surface area contributed by atoms with Crippen molar-refractivity contribution in [2.45, 2.75) is 19.8 Å². The van der Waals surface area contributed by atoms with Gasteiger partial charge < -0.3 is 0 Å². The molecule has 64 valence electrons. The smallest absolute Gasteiger partial charge is 0.0319 e. The second-order valence-electron chi connectivity index (χ2n) is 1.56. The summed E-state index contributed by atoms with van der Waals surface area (Å²) in [6.45, 7) is 18.4. The summed E-state index contributed by atoms with van der Waals surface area (Å²) in [7, 11) is 0. The molecule has 0 radical (unpaired) electrons. The van der Waals surface area contributed by atoms with Crippen molar-refractivity contribution in [3.8, 4) is 0 Å². The molecule has 0 aliphatic rings. The van der Waals surface area contributed by atoms with Gasteiger partial charge in [0.1, 0.15) is 0 Å². The van der Waals surface area contributed by atoms with Gasteiger partial charge >= 0.3 is 0 Å². The summed E-state index contributed by atoms with van der Waals surface area (Å²) < 4.78 is 0. The molecule has 0 bridgehead atoms. The Labute approximate surface area is 71.6 Å². The van der Waals surface area contributed by atoms with E-state index in [4.69, 9.17) is 0 Å². The maximum atomic E-state index is 3.55. The maximum absolute atomic E-state index is 3.55. The first kappa shape index (κ1) is 16.5. The predicted octanol–water partition coefficient (Wildman–Crippen LogP) is 4.13. The van der Waals surface area contributed by atoms with Gasteiger partial charge in [0, 0.05) is 0 Å². The van der Waals surface area contributed by atoms with Crippen molar-refractivity contribution in [2.24, 2.45) is 0 Å². The Bertz CT molecular complexity index is 72.0. The van der Waals surface area contributed by atoms with Crippen LogP contribution < -0.4 is 0 Å². The lowest BCUT2D eigenvalue weighted by atomic mass is 10.3. The van der Waals surface area contributed by atoms with Crippen molar-refractivity contribution >= 4 is 0 Å². The zero-order valence-electron chi connectivity index (χ0n) is 7.68. The zero-order valence-corrected chi connectivity index (χ0v) is 7.68. The van der Waals surface area contributed by atoms with Crippen LogP contribution in [-0.2, 0) is 0 Å². The van der Waals surface area contributed by atoms with Crippen molar-refractivity contribution in [3.63, 3.8) is 0 Å². The first-order chi connectivity index (χ1) is 5.33. The number of allylic oxidation sites excluding steroid dienone is 3. The molecule has 0 aromatic heterocycles. The van der Waals surface area contributed by atoms with Crippen LogP contribution >= 0.6 is 0 Å². The molecule has 0 N–H and O–H groups in total. The van der Waals surface area contributed by atoms with E-state index in [1.807, 2.05) is 19.1 Å². The van der Waals surface area contributed by atoms with Crippen molar-refractivity contribution in [3.05, 3.63) is 51.1 Å². The van der Waals surface area contributed by atoms with E-state index in [2.05, 4.69) is 32.9 Å². The molecule has 0 spiro atoms. The molecule has 0 amide bonds. The monoisotopic (exact) mass is 152 g/mol. The molecule has 0 fully saturated rings. The van der Waals surface area contributed by atoms with Gasteiger partial charge in [-0.25, -0.2) is 0 Å². The summed E-state index contributed by atoms with van der Waals surface area (Å²) in [5.41, 5.74) is 0. The van der Waals surface area contributed by atoms with E-state index in [9.17, 15) is 0 Å². The summed E-state index contributed by atoms with van der Waals surface area (Å²) >= 11 is 0. The molecule has 0 aliphatic carbocycles. The molecule has 0 aliphatic heterocycles. The number of hydrogen-bond acceptors (Lipinski definition) is 0. The van der Waals surface area contributed by atoms with E-state index >= 15 is 0 Å². The zero-order chi connectivity index (χ0) is 9.54. The van der Waals surface area contributed by atoms with E-state index in [0.717, 1.165) is 12.8 Å². The van der Waals surface area contributed by atoms with Crippen LogP contribution in [0.1, 0.15) is 19.8 Å². The van der Waals surface area contributed by atoms with Crippen LogP contribution in [-0.4, -0.2) is 0 Å². The van der Waals surface area contributed by atoms with Crippen molar-refractivity contribution in [2.75, 3.05) is 0 Å². The normalized spacial score (nSPS) is 5.55. The molecule has 0 heterocycles. The third-order valence-electron chi connectivity index (χ3n) is 0.575. The van der Waals surface area contributed by atoms with Gasteiger partial charge in [-0.3, -0.25) is 0 Å². The van der Waals surface area contributed by atoms with Crippen molar-refractivity contribution in [1.82, 2.24) is 0 Å². The fraction of sp³-hybridized carbons (Fsp3) is 0.273. The van der Waals surface area contributed by atoms with E-state index in [-0.39, 0.29) is 0 Å². The highest BCUT2D eigenvalue weighted by molar-refractivity contribution is 4.74. The average molecular weight is 152 g/mol. The Morgan fingerprint density at radius 1 is 0.909 bits per heavy atom. The molecule has 11 heavy (non-hydrogen) atoms. The summed E-state index contributed by atoms with van der Waals surface area (Å²) in [6.07, 6.45) is 7.65. The Balaban J connectivity index is -0.000000109. The lowest BCUT2D eigenvalue weighted by Gasteiger charge is -1.76. The topological polar surface area (TPSA) is 0 Å². The van der Waals surface area contributed by atoms with E-state index in [0.29, 0.717) is 0 Å². The fourth-order valence-corrected chi connectivity index (χ4v) is 0.236. The standard InChI is InChI=1S/C6H10.C3H6.C2H4/c1-3-5-6-4-2;1-3-2;1-2/h3-4H,1-2,5-6H2;3H,1H2,2H3;1-2H2. The van der Waals surface area contributed by atoms with Crippen LogP contribution in [0.4, 0.5) is 0 Å². The summed E-state index contributed by atoms with van der Waals surface area (Å²) in [5, 5.41) is 0. The Kier molecular flexibility index (Phi) is 54.3. The second kappa shape index (κ2) is 36.2. The van der Waals surface area contributed by atoms with Gasteiger partial charge in [-0.1, -0.05) is 18.2 Å². The lowest BCUT2D eigenvalue weighted by Crippen LogP contribution is -1.56. The van der Waals surface area contributed by atoms with Gasteiger partial charge in [0.2, 0.25) is 0 Å².